The number of hydrazine groups is 1. The fraction of sp³-hybridized carbons (Fsp3) is 0.529. The quantitative estimate of drug-likeness (QED) is 0.900. The van der Waals surface area contributed by atoms with Gasteiger partial charge in [0.25, 0.3) is 0 Å². The highest BCUT2D eigenvalue weighted by Gasteiger charge is 2.25. The molecule has 0 aromatic heterocycles. The van der Waals surface area contributed by atoms with E-state index in [1.54, 1.807) is 14.2 Å². The number of benzene rings is 1. The molecule has 116 valence electrons. The first-order valence-electron chi connectivity index (χ1n) is 7.53. The average Bonchev–Trinajstić information content (AvgIpc) is 2.50. The third kappa shape index (κ3) is 3.50. The highest BCUT2D eigenvalue weighted by Crippen LogP contribution is 2.29. The summed E-state index contributed by atoms with van der Waals surface area (Å²) in [5.41, 5.74) is 5.28. The van der Waals surface area contributed by atoms with Crippen molar-refractivity contribution < 1.29 is 9.47 Å². The van der Waals surface area contributed by atoms with Gasteiger partial charge in [0.05, 0.1) is 19.9 Å². The van der Waals surface area contributed by atoms with E-state index in [2.05, 4.69) is 30.9 Å². The van der Waals surface area contributed by atoms with Crippen molar-refractivity contribution in [3.8, 4) is 11.5 Å². The predicted molar refractivity (Wildman–Crippen MR) is 86.3 cm³/mol. The number of hydrogen-bond donors (Lipinski definition) is 1. The third-order valence-electron chi connectivity index (χ3n) is 4.19. The Labute approximate surface area is 127 Å². The molecule has 0 aliphatic carbocycles. The first-order valence-corrected chi connectivity index (χ1v) is 7.53. The van der Waals surface area contributed by atoms with Crippen molar-refractivity contribution in [3.63, 3.8) is 0 Å². The van der Waals surface area contributed by atoms with Crippen molar-refractivity contribution in [1.29, 1.82) is 0 Å². The van der Waals surface area contributed by atoms with Crippen LogP contribution in [0.3, 0.4) is 0 Å². The van der Waals surface area contributed by atoms with E-state index in [1.165, 1.54) is 19.3 Å². The smallest absolute Gasteiger partial charge is 0.131 e. The van der Waals surface area contributed by atoms with E-state index in [1.807, 2.05) is 18.2 Å². The lowest BCUT2D eigenvalue weighted by atomic mass is 9.99. The van der Waals surface area contributed by atoms with Gasteiger partial charge in [-0.1, -0.05) is 13.0 Å². The van der Waals surface area contributed by atoms with Gasteiger partial charge < -0.3 is 14.9 Å². The zero-order chi connectivity index (χ0) is 15.4. The Morgan fingerprint density at radius 3 is 2.43 bits per heavy atom. The van der Waals surface area contributed by atoms with E-state index in [4.69, 9.17) is 9.47 Å². The predicted octanol–water partition coefficient (Wildman–Crippen LogP) is 3.44. The lowest BCUT2D eigenvalue weighted by Crippen LogP contribution is -2.51. The number of methoxy groups -OCH3 is 2. The molecule has 21 heavy (non-hydrogen) atoms. The van der Waals surface area contributed by atoms with E-state index in [0.29, 0.717) is 12.1 Å². The average molecular weight is 290 g/mol. The van der Waals surface area contributed by atoms with Crippen LogP contribution in [0.15, 0.2) is 24.8 Å². The number of nitrogens with zero attached hydrogens (tertiary/aromatic N) is 1. The molecular weight excluding hydrogens is 264 g/mol. The van der Waals surface area contributed by atoms with Gasteiger partial charge in [-0.3, -0.25) is 0 Å². The molecule has 2 rings (SSSR count). The van der Waals surface area contributed by atoms with Gasteiger partial charge in [-0.15, -0.1) is 0 Å². The second-order valence-electron chi connectivity index (χ2n) is 5.69. The van der Waals surface area contributed by atoms with Crippen LogP contribution in [0.1, 0.15) is 38.7 Å². The molecule has 4 nitrogen and oxygen atoms in total. The number of nitrogens with one attached hydrogen (secondary N) is 1. The van der Waals surface area contributed by atoms with E-state index < -0.39 is 0 Å². The van der Waals surface area contributed by atoms with Crippen LogP contribution in [0.2, 0.25) is 0 Å². The fourth-order valence-electron chi connectivity index (χ4n) is 2.91. The molecule has 1 heterocycles. The minimum Gasteiger partial charge on any atom is -0.497 e. The van der Waals surface area contributed by atoms with Crippen LogP contribution in [-0.2, 0) is 0 Å². The van der Waals surface area contributed by atoms with Gasteiger partial charge in [0.15, 0.2) is 0 Å². The van der Waals surface area contributed by atoms with Crippen LogP contribution in [0.4, 0.5) is 0 Å². The van der Waals surface area contributed by atoms with Crippen molar-refractivity contribution in [1.82, 2.24) is 10.4 Å². The van der Waals surface area contributed by atoms with Crippen molar-refractivity contribution in [2.75, 3.05) is 14.2 Å². The molecule has 1 saturated heterocycles. The molecule has 1 aliphatic rings. The van der Waals surface area contributed by atoms with Crippen LogP contribution in [-0.4, -0.2) is 31.3 Å². The molecule has 0 amide bonds. The summed E-state index contributed by atoms with van der Waals surface area (Å²) in [4.78, 5) is 0. The van der Waals surface area contributed by atoms with E-state index in [0.717, 1.165) is 22.8 Å². The Morgan fingerprint density at radius 2 is 1.86 bits per heavy atom. The maximum atomic E-state index is 5.45. The van der Waals surface area contributed by atoms with Gasteiger partial charge in [0.1, 0.15) is 11.5 Å². The first-order chi connectivity index (χ1) is 10.1. The van der Waals surface area contributed by atoms with Gasteiger partial charge in [0.2, 0.25) is 0 Å². The monoisotopic (exact) mass is 290 g/mol. The molecule has 0 unspecified atom stereocenters. The summed E-state index contributed by atoms with van der Waals surface area (Å²) in [7, 11) is 3.32. The molecule has 0 spiro atoms. The Hall–Kier alpha value is -1.68. The van der Waals surface area contributed by atoms with Crippen molar-refractivity contribution in [3.05, 3.63) is 30.3 Å². The minimum atomic E-state index is 0.509. The Kier molecular flexibility index (Phi) is 5.12. The third-order valence-corrected chi connectivity index (χ3v) is 4.19. The second kappa shape index (κ2) is 6.85. The normalized spacial score (nSPS) is 22.7. The summed E-state index contributed by atoms with van der Waals surface area (Å²) in [6.07, 6.45) is 3.72. The summed E-state index contributed by atoms with van der Waals surface area (Å²) in [5.74, 6) is 1.55. The lowest BCUT2D eigenvalue weighted by molar-refractivity contribution is 0.0700. The molecule has 0 bridgehead atoms. The highest BCUT2D eigenvalue weighted by atomic mass is 16.5. The number of ether oxygens (including phenoxy) is 2. The molecule has 1 aliphatic heterocycles. The topological polar surface area (TPSA) is 33.7 Å². The summed E-state index contributed by atoms with van der Waals surface area (Å²) in [6.45, 7) is 8.68. The second-order valence-corrected chi connectivity index (χ2v) is 5.69. The fourth-order valence-corrected chi connectivity index (χ4v) is 2.91. The van der Waals surface area contributed by atoms with Crippen molar-refractivity contribution >= 4 is 5.70 Å². The number of piperidine rings is 1. The van der Waals surface area contributed by atoms with Crippen LogP contribution in [0.25, 0.3) is 5.70 Å². The molecule has 1 aromatic carbocycles. The standard InChI is InChI=1S/C17H26N2O2/c1-12-7-6-8-13(2)19(12)18-14(3)16-10-9-15(20-4)11-17(16)21-5/h9-13,18H,3,6-8H2,1-2,4-5H3/t12-,13-/m1/s1. The van der Waals surface area contributed by atoms with Gasteiger partial charge >= 0.3 is 0 Å². The molecule has 1 aromatic rings. The summed E-state index contributed by atoms with van der Waals surface area (Å²) >= 11 is 0. The summed E-state index contributed by atoms with van der Waals surface area (Å²) < 4.78 is 10.7. The highest BCUT2D eigenvalue weighted by molar-refractivity contribution is 5.68. The van der Waals surface area contributed by atoms with E-state index in [-0.39, 0.29) is 0 Å². The van der Waals surface area contributed by atoms with Gasteiger partial charge in [0, 0.05) is 23.7 Å². The zero-order valence-corrected chi connectivity index (χ0v) is 13.5. The Balaban J connectivity index is 2.16. The molecule has 4 heteroatoms. The first kappa shape index (κ1) is 15.7. The SMILES string of the molecule is C=C(NN1[C@H](C)CCC[C@H]1C)c1ccc(OC)cc1OC. The molecule has 2 atom stereocenters. The van der Waals surface area contributed by atoms with Crippen LogP contribution in [0.5, 0.6) is 11.5 Å². The van der Waals surface area contributed by atoms with Crippen LogP contribution < -0.4 is 14.9 Å². The molecule has 0 radical (unpaired) electrons. The molecule has 0 saturated carbocycles. The largest absolute Gasteiger partial charge is 0.497 e. The lowest BCUT2D eigenvalue weighted by Gasteiger charge is -2.40. The van der Waals surface area contributed by atoms with Crippen molar-refractivity contribution in [2.45, 2.75) is 45.2 Å². The Bertz CT molecular complexity index is 492. The summed E-state index contributed by atoms with van der Waals surface area (Å²) in [6, 6.07) is 6.80. The maximum absolute atomic E-state index is 5.45. The van der Waals surface area contributed by atoms with Gasteiger partial charge in [-0.05, 0) is 38.8 Å². The zero-order valence-electron chi connectivity index (χ0n) is 13.5. The van der Waals surface area contributed by atoms with Crippen LogP contribution >= 0.6 is 0 Å². The maximum Gasteiger partial charge on any atom is 0.131 e. The molecular formula is C17H26N2O2. The van der Waals surface area contributed by atoms with E-state index in [9.17, 15) is 0 Å². The van der Waals surface area contributed by atoms with Crippen LogP contribution in [0, 0.1) is 0 Å². The molecule has 1 fully saturated rings. The van der Waals surface area contributed by atoms with Crippen molar-refractivity contribution in [2.24, 2.45) is 0 Å². The summed E-state index contributed by atoms with van der Waals surface area (Å²) in [5, 5.41) is 2.30. The number of hydrogen-bond acceptors (Lipinski definition) is 4. The van der Waals surface area contributed by atoms with Gasteiger partial charge in [-0.2, -0.15) is 0 Å². The molecule has 1 N–H and O–H groups in total. The Morgan fingerprint density at radius 1 is 1.19 bits per heavy atom. The van der Waals surface area contributed by atoms with Gasteiger partial charge in [-0.25, -0.2) is 5.01 Å². The number of rotatable bonds is 5. The van der Waals surface area contributed by atoms with E-state index >= 15 is 0 Å². The minimum absolute atomic E-state index is 0.509.